The van der Waals surface area contributed by atoms with Gasteiger partial charge in [0.25, 0.3) is 0 Å². The average Bonchev–Trinajstić information content (AvgIpc) is 2.32. The largest absolute Gasteiger partial charge is 0.491 e. The second kappa shape index (κ2) is 6.57. The van der Waals surface area contributed by atoms with Crippen LogP contribution >= 0.6 is 0 Å². The van der Waals surface area contributed by atoms with Crippen LogP contribution in [0.5, 0.6) is 5.75 Å². The van der Waals surface area contributed by atoms with Crippen molar-refractivity contribution in [3.05, 3.63) is 29.3 Å². The van der Waals surface area contributed by atoms with Crippen molar-refractivity contribution in [1.29, 1.82) is 0 Å². The Kier molecular flexibility index (Phi) is 5.36. The fraction of sp³-hybridized carbons (Fsp3) is 0.533. The number of benzene rings is 1. The monoisotopic (exact) mass is 264 g/mol. The molecule has 1 atom stereocenters. The van der Waals surface area contributed by atoms with Gasteiger partial charge in [0.2, 0.25) is 5.91 Å². The summed E-state index contributed by atoms with van der Waals surface area (Å²) in [6.07, 6.45) is 0.937. The minimum Gasteiger partial charge on any atom is -0.491 e. The summed E-state index contributed by atoms with van der Waals surface area (Å²) in [4.78, 5) is 11.6. The highest BCUT2D eigenvalue weighted by atomic mass is 16.5. The fourth-order valence-electron chi connectivity index (χ4n) is 1.85. The number of aryl methyl sites for hydroxylation is 2. The normalized spacial score (nSPS) is 13.9. The molecule has 0 aliphatic carbocycles. The summed E-state index contributed by atoms with van der Waals surface area (Å²) in [5.41, 5.74) is 6.89. The third-order valence-electron chi connectivity index (χ3n) is 3.03. The second-order valence-corrected chi connectivity index (χ2v) is 5.24. The lowest BCUT2D eigenvalue weighted by Gasteiger charge is -2.27. The number of nitrogens with two attached hydrogens (primary N) is 1. The Hall–Kier alpha value is -1.55. The molecule has 0 bridgehead atoms. The molecule has 0 radical (unpaired) electrons. The van der Waals surface area contributed by atoms with Gasteiger partial charge < -0.3 is 15.8 Å². The SMILES string of the molecule is CCCNC(C)(COc1cc(C)cc(C)c1)C(N)=O. The van der Waals surface area contributed by atoms with E-state index in [1.54, 1.807) is 6.92 Å². The van der Waals surface area contributed by atoms with Crippen LogP contribution in [-0.2, 0) is 4.79 Å². The van der Waals surface area contributed by atoms with E-state index in [1.807, 2.05) is 32.9 Å². The smallest absolute Gasteiger partial charge is 0.240 e. The number of primary amides is 1. The van der Waals surface area contributed by atoms with E-state index in [0.717, 1.165) is 29.8 Å². The minimum atomic E-state index is -0.840. The molecule has 1 rings (SSSR count). The van der Waals surface area contributed by atoms with E-state index < -0.39 is 11.4 Å². The van der Waals surface area contributed by atoms with Crippen molar-refractivity contribution in [1.82, 2.24) is 5.32 Å². The van der Waals surface area contributed by atoms with Gasteiger partial charge in [0, 0.05) is 0 Å². The molecule has 1 unspecified atom stereocenters. The molecule has 1 amide bonds. The molecule has 3 N–H and O–H groups in total. The zero-order chi connectivity index (χ0) is 14.5. The van der Waals surface area contributed by atoms with Gasteiger partial charge in [-0.1, -0.05) is 13.0 Å². The van der Waals surface area contributed by atoms with Crippen LogP contribution in [0.4, 0.5) is 0 Å². The molecule has 0 saturated heterocycles. The van der Waals surface area contributed by atoms with Gasteiger partial charge in [-0.2, -0.15) is 0 Å². The molecule has 19 heavy (non-hydrogen) atoms. The maximum atomic E-state index is 11.6. The molecule has 4 heteroatoms. The molecule has 0 aromatic heterocycles. The van der Waals surface area contributed by atoms with Crippen molar-refractivity contribution in [3.8, 4) is 5.75 Å². The highest BCUT2D eigenvalue weighted by molar-refractivity contribution is 5.84. The summed E-state index contributed by atoms with van der Waals surface area (Å²) in [5, 5.41) is 3.15. The summed E-state index contributed by atoms with van der Waals surface area (Å²) in [6, 6.07) is 5.98. The third kappa shape index (κ3) is 4.56. The summed E-state index contributed by atoms with van der Waals surface area (Å²) < 4.78 is 5.73. The molecule has 4 nitrogen and oxygen atoms in total. The van der Waals surface area contributed by atoms with E-state index in [9.17, 15) is 4.79 Å². The number of carbonyl (C=O) groups excluding carboxylic acids is 1. The Morgan fingerprint density at radius 1 is 1.32 bits per heavy atom. The molecule has 0 aliphatic rings. The van der Waals surface area contributed by atoms with E-state index >= 15 is 0 Å². The number of nitrogens with one attached hydrogen (secondary N) is 1. The standard InChI is InChI=1S/C15H24N2O2/c1-5-6-17-15(4,14(16)18)10-19-13-8-11(2)7-12(3)9-13/h7-9,17H,5-6,10H2,1-4H3,(H2,16,18). The van der Waals surface area contributed by atoms with Gasteiger partial charge in [-0.15, -0.1) is 0 Å². The molecule has 1 aromatic carbocycles. The number of hydrogen-bond donors (Lipinski definition) is 2. The Morgan fingerprint density at radius 3 is 2.37 bits per heavy atom. The summed E-state index contributed by atoms with van der Waals surface area (Å²) >= 11 is 0. The van der Waals surface area contributed by atoms with E-state index in [2.05, 4.69) is 11.4 Å². The average molecular weight is 264 g/mol. The minimum absolute atomic E-state index is 0.227. The first-order valence-corrected chi connectivity index (χ1v) is 6.63. The lowest BCUT2D eigenvalue weighted by molar-refractivity contribution is -0.125. The molecule has 0 spiro atoms. The Labute approximate surface area is 115 Å². The lowest BCUT2D eigenvalue weighted by atomic mass is 10.0. The van der Waals surface area contributed by atoms with Gasteiger partial charge >= 0.3 is 0 Å². The predicted octanol–water partition coefficient (Wildman–Crippen LogP) is 1.93. The van der Waals surface area contributed by atoms with Crippen molar-refractivity contribution in [3.63, 3.8) is 0 Å². The van der Waals surface area contributed by atoms with Crippen LogP contribution in [0.25, 0.3) is 0 Å². The fourth-order valence-corrected chi connectivity index (χ4v) is 1.85. The third-order valence-corrected chi connectivity index (χ3v) is 3.03. The van der Waals surface area contributed by atoms with Gasteiger partial charge in [-0.25, -0.2) is 0 Å². The van der Waals surface area contributed by atoms with Gasteiger partial charge in [-0.3, -0.25) is 4.79 Å². The lowest BCUT2D eigenvalue weighted by Crippen LogP contribution is -2.57. The number of amides is 1. The van der Waals surface area contributed by atoms with E-state index in [1.165, 1.54) is 0 Å². The van der Waals surface area contributed by atoms with Crippen LogP contribution in [0.3, 0.4) is 0 Å². The summed E-state index contributed by atoms with van der Waals surface area (Å²) in [6.45, 7) is 8.80. The second-order valence-electron chi connectivity index (χ2n) is 5.24. The van der Waals surface area contributed by atoms with Crippen molar-refractivity contribution in [2.45, 2.75) is 39.7 Å². The van der Waals surface area contributed by atoms with E-state index in [-0.39, 0.29) is 6.61 Å². The van der Waals surface area contributed by atoms with Gasteiger partial charge in [0.05, 0.1) is 0 Å². The topological polar surface area (TPSA) is 64.3 Å². The van der Waals surface area contributed by atoms with Crippen LogP contribution in [0.2, 0.25) is 0 Å². The number of carbonyl (C=O) groups is 1. The molecule has 0 aliphatic heterocycles. The van der Waals surface area contributed by atoms with Crippen LogP contribution in [0.15, 0.2) is 18.2 Å². The van der Waals surface area contributed by atoms with E-state index in [0.29, 0.717) is 0 Å². The molecular formula is C15H24N2O2. The zero-order valence-electron chi connectivity index (χ0n) is 12.2. The quantitative estimate of drug-likeness (QED) is 0.791. The maximum absolute atomic E-state index is 11.6. The number of ether oxygens (including phenoxy) is 1. The molecule has 0 fully saturated rings. The summed E-state index contributed by atoms with van der Waals surface area (Å²) in [5.74, 6) is 0.369. The predicted molar refractivity (Wildman–Crippen MR) is 77.3 cm³/mol. The zero-order valence-corrected chi connectivity index (χ0v) is 12.2. The highest BCUT2D eigenvalue weighted by Crippen LogP contribution is 2.17. The summed E-state index contributed by atoms with van der Waals surface area (Å²) in [7, 11) is 0. The van der Waals surface area contributed by atoms with Gasteiger partial charge in [0.1, 0.15) is 17.9 Å². The van der Waals surface area contributed by atoms with Crippen molar-refractivity contribution in [2.24, 2.45) is 5.73 Å². The highest BCUT2D eigenvalue weighted by Gasteiger charge is 2.31. The van der Waals surface area contributed by atoms with Gasteiger partial charge in [0.15, 0.2) is 0 Å². The first-order chi connectivity index (χ1) is 8.87. The number of hydrogen-bond acceptors (Lipinski definition) is 3. The maximum Gasteiger partial charge on any atom is 0.240 e. The van der Waals surface area contributed by atoms with Crippen molar-refractivity contribution in [2.75, 3.05) is 13.2 Å². The molecule has 0 heterocycles. The number of rotatable bonds is 7. The van der Waals surface area contributed by atoms with Crippen LogP contribution in [-0.4, -0.2) is 24.6 Å². The van der Waals surface area contributed by atoms with Crippen LogP contribution in [0, 0.1) is 13.8 Å². The first-order valence-electron chi connectivity index (χ1n) is 6.63. The Bertz CT molecular complexity index is 426. The Morgan fingerprint density at radius 2 is 1.89 bits per heavy atom. The molecular weight excluding hydrogens is 240 g/mol. The van der Waals surface area contributed by atoms with Crippen molar-refractivity contribution < 1.29 is 9.53 Å². The Balaban J connectivity index is 2.73. The van der Waals surface area contributed by atoms with E-state index in [4.69, 9.17) is 10.5 Å². The van der Waals surface area contributed by atoms with Crippen LogP contribution in [0.1, 0.15) is 31.4 Å². The van der Waals surface area contributed by atoms with Gasteiger partial charge in [-0.05, 0) is 57.0 Å². The van der Waals surface area contributed by atoms with Crippen LogP contribution < -0.4 is 15.8 Å². The first kappa shape index (κ1) is 15.5. The molecule has 0 saturated carbocycles. The van der Waals surface area contributed by atoms with Crippen molar-refractivity contribution >= 4 is 5.91 Å². The molecule has 1 aromatic rings. The molecule has 106 valence electrons.